The lowest BCUT2D eigenvalue weighted by Gasteiger charge is -2.15. The highest BCUT2D eigenvalue weighted by Crippen LogP contribution is 2.25. The van der Waals surface area contributed by atoms with Crippen LogP contribution in [0.2, 0.25) is 0 Å². The Labute approximate surface area is 133 Å². The fraction of sp³-hybridized carbons (Fsp3) is 0.267. The van der Waals surface area contributed by atoms with E-state index in [-0.39, 0.29) is 16.2 Å². The molecule has 0 spiro atoms. The first-order valence-corrected chi connectivity index (χ1v) is 8.34. The number of benzene rings is 1. The summed E-state index contributed by atoms with van der Waals surface area (Å²) in [6, 6.07) is 6.48. The van der Waals surface area contributed by atoms with Gasteiger partial charge in [-0.2, -0.15) is 0 Å². The van der Waals surface area contributed by atoms with Crippen LogP contribution in [0.5, 0.6) is 5.75 Å². The third kappa shape index (κ3) is 3.72. The number of sulfonamides is 1. The standard InChI is InChI=1S/C15H17NO6S/c1-3-12(14-5-4-8-22-14)16-23(19,20)10-6-7-13(21-2)11(9-10)15(17)18/h4-9,12,16H,3H2,1-2H3,(H,17,18). The van der Waals surface area contributed by atoms with Crippen LogP contribution in [0.1, 0.15) is 35.5 Å². The fourth-order valence-electron chi connectivity index (χ4n) is 2.11. The van der Waals surface area contributed by atoms with Gasteiger partial charge in [0.2, 0.25) is 10.0 Å². The van der Waals surface area contributed by atoms with Gasteiger partial charge < -0.3 is 14.3 Å². The van der Waals surface area contributed by atoms with E-state index in [1.54, 1.807) is 12.1 Å². The average Bonchev–Trinajstić information content (AvgIpc) is 3.06. The Morgan fingerprint density at radius 2 is 2.13 bits per heavy atom. The monoisotopic (exact) mass is 339 g/mol. The van der Waals surface area contributed by atoms with Crippen molar-refractivity contribution in [1.29, 1.82) is 0 Å². The molecule has 0 amide bonds. The summed E-state index contributed by atoms with van der Waals surface area (Å²) in [4.78, 5) is 11.1. The molecular weight excluding hydrogens is 322 g/mol. The Kier molecular flexibility index (Phi) is 5.07. The van der Waals surface area contributed by atoms with Crippen LogP contribution in [0.15, 0.2) is 45.9 Å². The van der Waals surface area contributed by atoms with E-state index >= 15 is 0 Å². The maximum absolute atomic E-state index is 12.5. The van der Waals surface area contributed by atoms with Gasteiger partial charge in [0.25, 0.3) is 0 Å². The second-order valence-corrected chi connectivity index (χ2v) is 6.48. The van der Waals surface area contributed by atoms with E-state index in [0.717, 1.165) is 6.07 Å². The van der Waals surface area contributed by atoms with Gasteiger partial charge in [-0.1, -0.05) is 6.92 Å². The smallest absolute Gasteiger partial charge is 0.339 e. The number of furan rings is 1. The first kappa shape index (κ1) is 17.0. The molecular formula is C15H17NO6S. The number of carbonyl (C=O) groups is 1. The highest BCUT2D eigenvalue weighted by atomic mass is 32.2. The van der Waals surface area contributed by atoms with Crippen molar-refractivity contribution < 1.29 is 27.5 Å². The topological polar surface area (TPSA) is 106 Å². The zero-order valence-electron chi connectivity index (χ0n) is 12.6. The van der Waals surface area contributed by atoms with Crippen LogP contribution in [0.25, 0.3) is 0 Å². The Morgan fingerprint density at radius 3 is 2.65 bits per heavy atom. The first-order chi connectivity index (χ1) is 10.9. The summed E-state index contributed by atoms with van der Waals surface area (Å²) >= 11 is 0. The number of aromatic carboxylic acids is 1. The van der Waals surface area contributed by atoms with Crippen molar-refractivity contribution in [2.45, 2.75) is 24.3 Å². The van der Waals surface area contributed by atoms with Crippen molar-refractivity contribution in [2.75, 3.05) is 7.11 Å². The number of nitrogens with one attached hydrogen (secondary N) is 1. The maximum Gasteiger partial charge on any atom is 0.339 e. The first-order valence-electron chi connectivity index (χ1n) is 6.86. The van der Waals surface area contributed by atoms with Crippen molar-refractivity contribution in [3.63, 3.8) is 0 Å². The Morgan fingerprint density at radius 1 is 1.39 bits per heavy atom. The molecule has 0 saturated heterocycles. The molecule has 1 heterocycles. The molecule has 2 N–H and O–H groups in total. The van der Waals surface area contributed by atoms with Gasteiger partial charge in [0.15, 0.2) is 0 Å². The van der Waals surface area contributed by atoms with Gasteiger partial charge in [-0.3, -0.25) is 0 Å². The van der Waals surface area contributed by atoms with Crippen LogP contribution in [-0.2, 0) is 10.0 Å². The molecule has 1 atom stereocenters. The minimum Gasteiger partial charge on any atom is -0.496 e. The highest BCUT2D eigenvalue weighted by Gasteiger charge is 2.24. The lowest BCUT2D eigenvalue weighted by atomic mass is 10.2. The molecule has 1 aromatic carbocycles. The summed E-state index contributed by atoms with van der Waals surface area (Å²) < 4.78 is 37.6. The summed E-state index contributed by atoms with van der Waals surface area (Å²) in [5.74, 6) is -0.686. The van der Waals surface area contributed by atoms with Crippen LogP contribution in [0.4, 0.5) is 0 Å². The van der Waals surface area contributed by atoms with Crippen LogP contribution >= 0.6 is 0 Å². The molecule has 1 aromatic heterocycles. The van der Waals surface area contributed by atoms with E-state index in [0.29, 0.717) is 12.2 Å². The molecule has 7 nitrogen and oxygen atoms in total. The number of hydrogen-bond donors (Lipinski definition) is 2. The van der Waals surface area contributed by atoms with E-state index < -0.39 is 22.0 Å². The molecule has 8 heteroatoms. The quantitative estimate of drug-likeness (QED) is 0.802. The van der Waals surface area contributed by atoms with Gasteiger partial charge >= 0.3 is 5.97 Å². The Bertz CT molecular complexity index is 782. The minimum atomic E-state index is -3.91. The van der Waals surface area contributed by atoms with Crippen molar-refractivity contribution in [3.8, 4) is 5.75 Å². The van der Waals surface area contributed by atoms with Crippen LogP contribution < -0.4 is 9.46 Å². The highest BCUT2D eigenvalue weighted by molar-refractivity contribution is 7.89. The third-order valence-corrected chi connectivity index (χ3v) is 4.77. The minimum absolute atomic E-state index is 0.0922. The van der Waals surface area contributed by atoms with Crippen molar-refractivity contribution >= 4 is 16.0 Å². The van der Waals surface area contributed by atoms with Gasteiger partial charge in [0.05, 0.1) is 24.3 Å². The molecule has 0 aliphatic heterocycles. The zero-order valence-corrected chi connectivity index (χ0v) is 13.5. The van der Waals surface area contributed by atoms with Crippen LogP contribution in [0, 0.1) is 0 Å². The number of hydrogen-bond acceptors (Lipinski definition) is 5. The molecule has 0 saturated carbocycles. The Balaban J connectivity index is 2.36. The lowest BCUT2D eigenvalue weighted by molar-refractivity contribution is 0.0693. The summed E-state index contributed by atoms with van der Waals surface area (Å²) in [6.07, 6.45) is 1.94. The Hall–Kier alpha value is -2.32. The van der Waals surface area contributed by atoms with Crippen LogP contribution in [-0.4, -0.2) is 26.6 Å². The summed E-state index contributed by atoms with van der Waals surface area (Å²) in [5, 5.41) is 9.15. The largest absolute Gasteiger partial charge is 0.496 e. The molecule has 0 bridgehead atoms. The average molecular weight is 339 g/mol. The molecule has 2 rings (SSSR count). The van der Waals surface area contributed by atoms with E-state index in [2.05, 4.69) is 4.72 Å². The molecule has 2 aromatic rings. The summed E-state index contributed by atoms with van der Waals surface area (Å²) in [5.41, 5.74) is -0.221. The van der Waals surface area contributed by atoms with Crippen molar-refractivity contribution in [1.82, 2.24) is 4.72 Å². The van der Waals surface area contributed by atoms with E-state index in [4.69, 9.17) is 14.3 Å². The predicted octanol–water partition coefficient (Wildman–Crippen LogP) is 2.42. The van der Waals surface area contributed by atoms with E-state index in [9.17, 15) is 13.2 Å². The van der Waals surface area contributed by atoms with Crippen molar-refractivity contribution in [3.05, 3.63) is 47.9 Å². The number of carboxylic acids is 1. The fourth-order valence-corrected chi connectivity index (χ4v) is 3.42. The molecule has 1 unspecified atom stereocenters. The molecule has 124 valence electrons. The molecule has 23 heavy (non-hydrogen) atoms. The van der Waals surface area contributed by atoms with E-state index in [1.807, 2.05) is 6.92 Å². The number of methoxy groups -OCH3 is 1. The second-order valence-electron chi connectivity index (χ2n) is 4.76. The predicted molar refractivity (Wildman–Crippen MR) is 82.0 cm³/mol. The maximum atomic E-state index is 12.5. The normalized spacial score (nSPS) is 12.8. The lowest BCUT2D eigenvalue weighted by Crippen LogP contribution is -2.28. The summed E-state index contributed by atoms with van der Waals surface area (Å²) in [7, 11) is -2.59. The molecule has 0 aliphatic carbocycles. The van der Waals surface area contributed by atoms with Gasteiger partial charge in [0, 0.05) is 0 Å². The number of ether oxygens (including phenoxy) is 1. The second kappa shape index (κ2) is 6.84. The third-order valence-electron chi connectivity index (χ3n) is 3.30. The number of carboxylic acid groups (broad SMARTS) is 1. The SMILES string of the molecule is CCC(NS(=O)(=O)c1ccc(OC)c(C(=O)O)c1)c1ccco1. The van der Waals surface area contributed by atoms with Gasteiger partial charge in [-0.05, 0) is 36.8 Å². The molecule has 0 aliphatic rings. The van der Waals surface area contributed by atoms with Gasteiger partial charge in [-0.15, -0.1) is 0 Å². The molecule has 0 radical (unpaired) electrons. The number of rotatable bonds is 7. The van der Waals surface area contributed by atoms with Gasteiger partial charge in [0.1, 0.15) is 17.1 Å². The summed E-state index contributed by atoms with van der Waals surface area (Å²) in [6.45, 7) is 1.81. The van der Waals surface area contributed by atoms with Gasteiger partial charge in [-0.25, -0.2) is 17.9 Å². The molecule has 0 fully saturated rings. The van der Waals surface area contributed by atoms with Crippen LogP contribution in [0.3, 0.4) is 0 Å². The van der Waals surface area contributed by atoms with E-state index in [1.165, 1.54) is 25.5 Å². The zero-order chi connectivity index (χ0) is 17.0. The van der Waals surface area contributed by atoms with Crippen molar-refractivity contribution in [2.24, 2.45) is 0 Å².